The first-order valence-electron chi connectivity index (χ1n) is 6.53. The number of aliphatic carboxylic acids is 1. The Labute approximate surface area is 131 Å². The van der Waals surface area contributed by atoms with Crippen molar-refractivity contribution in [2.24, 2.45) is 0 Å². The van der Waals surface area contributed by atoms with Crippen molar-refractivity contribution in [2.75, 3.05) is 0 Å². The normalized spacial score (nSPS) is 10.4. The highest BCUT2D eigenvalue weighted by Crippen LogP contribution is 2.26. The van der Waals surface area contributed by atoms with E-state index in [0.29, 0.717) is 11.6 Å². The fourth-order valence-electron chi connectivity index (χ4n) is 1.80. The highest BCUT2D eigenvalue weighted by molar-refractivity contribution is 6.10. The predicted octanol–water partition coefficient (Wildman–Crippen LogP) is 2.17. The number of carbonyl (C=O) groups is 3. The van der Waals surface area contributed by atoms with Gasteiger partial charge in [0.15, 0.2) is 5.78 Å². The Bertz CT molecular complexity index is 777. The molecular weight excluding hydrogens is 300 g/mol. The Morgan fingerprint density at radius 2 is 1.65 bits per heavy atom. The molecule has 2 rings (SSSR count). The van der Waals surface area contributed by atoms with Gasteiger partial charge in [-0.05, 0) is 12.1 Å². The monoisotopic (exact) mass is 312 g/mol. The molecule has 0 aromatic heterocycles. The number of rotatable bonds is 5. The molecule has 0 radical (unpaired) electrons. The van der Waals surface area contributed by atoms with Gasteiger partial charge in [-0.15, -0.1) is 0 Å². The molecule has 0 saturated heterocycles. The molecule has 2 aromatic rings. The topological polar surface area (TPSA) is 101 Å². The Morgan fingerprint density at radius 3 is 2.26 bits per heavy atom. The molecule has 2 N–H and O–H groups in total. The van der Waals surface area contributed by atoms with Crippen molar-refractivity contribution in [3.05, 3.63) is 71.8 Å². The molecule has 2 aromatic carbocycles. The first kappa shape index (κ1) is 16.0. The molecule has 0 atom stereocenters. The second-order valence-corrected chi connectivity index (χ2v) is 4.47. The van der Waals surface area contributed by atoms with Crippen LogP contribution in [0.4, 0.5) is 0 Å². The lowest BCUT2D eigenvalue weighted by Crippen LogP contribution is -2.06. The summed E-state index contributed by atoms with van der Waals surface area (Å²) in [5.41, 5.74) is 0.481. The molecule has 23 heavy (non-hydrogen) atoms. The second-order valence-electron chi connectivity index (χ2n) is 4.47. The average molecular weight is 312 g/mol. The van der Waals surface area contributed by atoms with Gasteiger partial charge in [0.05, 0.1) is 5.56 Å². The first-order valence-corrected chi connectivity index (χ1v) is 6.53. The maximum atomic E-state index is 12.2. The van der Waals surface area contributed by atoms with E-state index in [2.05, 4.69) is 0 Å². The van der Waals surface area contributed by atoms with Crippen LogP contribution < -0.4 is 4.74 Å². The van der Waals surface area contributed by atoms with Crippen LogP contribution in [0.3, 0.4) is 0 Å². The maximum absolute atomic E-state index is 12.2. The molecule has 0 bridgehead atoms. The molecule has 6 nitrogen and oxygen atoms in total. The van der Waals surface area contributed by atoms with E-state index >= 15 is 0 Å². The van der Waals surface area contributed by atoms with Crippen molar-refractivity contribution in [1.29, 1.82) is 0 Å². The van der Waals surface area contributed by atoms with E-state index in [9.17, 15) is 19.5 Å². The van der Waals surface area contributed by atoms with Gasteiger partial charge in [-0.1, -0.05) is 30.3 Å². The van der Waals surface area contributed by atoms with E-state index in [1.54, 1.807) is 30.3 Å². The van der Waals surface area contributed by atoms with Crippen molar-refractivity contribution < 1.29 is 29.3 Å². The van der Waals surface area contributed by atoms with Gasteiger partial charge in [-0.2, -0.15) is 0 Å². The molecule has 0 unspecified atom stereocenters. The van der Waals surface area contributed by atoms with Crippen molar-refractivity contribution in [2.45, 2.75) is 0 Å². The number of carbonyl (C=O) groups excluding carboxylic acids is 2. The summed E-state index contributed by atoms with van der Waals surface area (Å²) in [4.78, 5) is 33.9. The minimum absolute atomic E-state index is 0.00727. The van der Waals surface area contributed by atoms with Crippen LogP contribution in [0.15, 0.2) is 60.7 Å². The van der Waals surface area contributed by atoms with Crippen molar-refractivity contribution in [1.82, 2.24) is 0 Å². The maximum Gasteiger partial charge on any atom is 0.336 e. The summed E-state index contributed by atoms with van der Waals surface area (Å²) < 4.78 is 4.83. The highest BCUT2D eigenvalue weighted by atomic mass is 16.5. The molecule has 0 saturated carbocycles. The number of benzene rings is 2. The fourth-order valence-corrected chi connectivity index (χ4v) is 1.80. The van der Waals surface area contributed by atoms with Crippen LogP contribution in [-0.2, 0) is 9.59 Å². The second kappa shape index (κ2) is 7.04. The van der Waals surface area contributed by atoms with Crippen LogP contribution >= 0.6 is 0 Å². The number of hydrogen-bond donors (Lipinski definition) is 2. The number of carboxylic acid groups (broad SMARTS) is 1. The van der Waals surface area contributed by atoms with Crippen molar-refractivity contribution >= 4 is 17.7 Å². The average Bonchev–Trinajstić information content (AvgIpc) is 2.53. The molecule has 6 heteroatoms. The summed E-state index contributed by atoms with van der Waals surface area (Å²) in [7, 11) is 0. The zero-order chi connectivity index (χ0) is 16.8. The summed E-state index contributed by atoms with van der Waals surface area (Å²) in [6.07, 6.45) is 1.37. The SMILES string of the molecule is O=C(O)/C=C\C(=O)Oc1ccc(C(=O)c2ccccc2)c(O)c1. The van der Waals surface area contributed by atoms with Gasteiger partial charge in [0, 0.05) is 23.8 Å². The molecule has 0 heterocycles. The Balaban J connectivity index is 2.17. The Hall–Kier alpha value is -3.41. The van der Waals surface area contributed by atoms with Gasteiger partial charge in [-0.25, -0.2) is 9.59 Å². The minimum atomic E-state index is -1.28. The number of ether oxygens (including phenoxy) is 1. The summed E-state index contributed by atoms with van der Waals surface area (Å²) in [5, 5.41) is 18.3. The lowest BCUT2D eigenvalue weighted by atomic mass is 10.0. The summed E-state index contributed by atoms with van der Waals surface area (Å²) in [6, 6.07) is 12.2. The number of phenols is 1. The van der Waals surface area contributed by atoms with Gasteiger partial charge in [0.2, 0.25) is 0 Å². The molecular formula is C17H12O6. The largest absolute Gasteiger partial charge is 0.507 e. The smallest absolute Gasteiger partial charge is 0.336 e. The van der Waals surface area contributed by atoms with Crippen LogP contribution in [0.2, 0.25) is 0 Å². The van der Waals surface area contributed by atoms with E-state index < -0.39 is 11.9 Å². The van der Waals surface area contributed by atoms with Gasteiger partial charge in [-0.3, -0.25) is 4.79 Å². The zero-order valence-corrected chi connectivity index (χ0v) is 11.8. The molecule has 0 aliphatic heterocycles. The molecule has 0 fully saturated rings. The third kappa shape index (κ3) is 4.28. The number of esters is 1. The van der Waals surface area contributed by atoms with Gasteiger partial charge < -0.3 is 14.9 Å². The van der Waals surface area contributed by atoms with E-state index in [1.807, 2.05) is 0 Å². The van der Waals surface area contributed by atoms with E-state index in [-0.39, 0.29) is 22.8 Å². The number of phenolic OH excluding ortho intramolecular Hbond substituents is 1. The van der Waals surface area contributed by atoms with Crippen LogP contribution in [-0.4, -0.2) is 27.9 Å². The van der Waals surface area contributed by atoms with Crippen LogP contribution in [0.1, 0.15) is 15.9 Å². The Kier molecular flexibility index (Phi) is 4.89. The fraction of sp³-hybridized carbons (Fsp3) is 0. The minimum Gasteiger partial charge on any atom is -0.507 e. The summed E-state index contributed by atoms with van der Waals surface area (Å²) in [6.45, 7) is 0. The molecule has 116 valence electrons. The Morgan fingerprint density at radius 1 is 0.957 bits per heavy atom. The molecule has 0 amide bonds. The third-order valence-electron chi connectivity index (χ3n) is 2.83. The first-order chi connectivity index (χ1) is 11.0. The van der Waals surface area contributed by atoms with Crippen LogP contribution in [0, 0.1) is 0 Å². The van der Waals surface area contributed by atoms with Crippen LogP contribution in [0.25, 0.3) is 0 Å². The van der Waals surface area contributed by atoms with Crippen molar-refractivity contribution in [3.8, 4) is 11.5 Å². The van der Waals surface area contributed by atoms with E-state index in [0.717, 1.165) is 12.1 Å². The molecule has 0 spiro atoms. The summed E-state index contributed by atoms with van der Waals surface area (Å²) >= 11 is 0. The molecule has 0 aliphatic carbocycles. The standard InChI is InChI=1S/C17H12O6/c18-14-10-12(23-16(21)9-8-15(19)20)6-7-13(14)17(22)11-4-2-1-3-5-11/h1-10,18H,(H,19,20)/b9-8-. The van der Waals surface area contributed by atoms with E-state index in [1.165, 1.54) is 12.1 Å². The third-order valence-corrected chi connectivity index (χ3v) is 2.83. The number of ketones is 1. The lowest BCUT2D eigenvalue weighted by molar-refractivity contribution is -0.133. The number of carboxylic acids is 1. The quantitative estimate of drug-likeness (QED) is 0.380. The number of aromatic hydroxyl groups is 1. The highest BCUT2D eigenvalue weighted by Gasteiger charge is 2.14. The lowest BCUT2D eigenvalue weighted by Gasteiger charge is -2.06. The van der Waals surface area contributed by atoms with E-state index in [4.69, 9.17) is 9.84 Å². The molecule has 0 aliphatic rings. The van der Waals surface area contributed by atoms with Crippen molar-refractivity contribution in [3.63, 3.8) is 0 Å². The van der Waals surface area contributed by atoms with Crippen LogP contribution in [0.5, 0.6) is 11.5 Å². The van der Waals surface area contributed by atoms with Gasteiger partial charge in [0.1, 0.15) is 11.5 Å². The van der Waals surface area contributed by atoms with Gasteiger partial charge in [0.25, 0.3) is 0 Å². The number of hydrogen-bond acceptors (Lipinski definition) is 5. The predicted molar refractivity (Wildman–Crippen MR) is 80.4 cm³/mol. The van der Waals surface area contributed by atoms with Gasteiger partial charge >= 0.3 is 11.9 Å². The summed E-state index contributed by atoms with van der Waals surface area (Å²) in [5.74, 6) is -2.91. The zero-order valence-electron chi connectivity index (χ0n) is 11.8.